The van der Waals surface area contributed by atoms with Crippen LogP contribution in [0.4, 0.5) is 34.1 Å². The Morgan fingerprint density at radius 3 is 0.789 bits per heavy atom. The van der Waals surface area contributed by atoms with Crippen molar-refractivity contribution in [3.8, 4) is 33.6 Å². The van der Waals surface area contributed by atoms with Crippen LogP contribution >= 0.6 is 0 Å². The lowest BCUT2D eigenvalue weighted by Gasteiger charge is -2.45. The Bertz CT molecular complexity index is 6000. The molecule has 2 aliphatic heterocycles. The van der Waals surface area contributed by atoms with E-state index in [0.29, 0.717) is 0 Å². The van der Waals surface area contributed by atoms with E-state index in [2.05, 4.69) is 450 Å². The lowest BCUT2D eigenvalue weighted by molar-refractivity contribution is 1.17. The van der Waals surface area contributed by atoms with Crippen molar-refractivity contribution >= 4 is 158 Å². The molecule has 0 fully saturated rings. The highest BCUT2D eigenvalue weighted by Gasteiger charge is 2.47. The molecule has 4 heterocycles. The molecule has 0 N–H and O–H groups in total. The Hall–Kier alpha value is -13.6. The number of fused-ring (bicyclic) bond motifs is 10. The van der Waals surface area contributed by atoms with E-state index in [4.69, 9.17) is 0 Å². The van der Waals surface area contributed by atoms with E-state index in [-0.39, 0.29) is 6.71 Å². The van der Waals surface area contributed by atoms with Crippen LogP contribution in [-0.4, -0.2) is 32.0 Å². The first-order valence-corrected chi connectivity index (χ1v) is 41.8. The average Bonchev–Trinajstić information content (AvgIpc) is 1.46. The topological polar surface area (TPSA) is 16.3 Å². The molecule has 0 saturated carbocycles. The summed E-state index contributed by atoms with van der Waals surface area (Å²) in [5.41, 5.74) is 21.9. The van der Waals surface area contributed by atoms with E-state index < -0.39 is 16.1 Å². The van der Waals surface area contributed by atoms with Crippen molar-refractivity contribution in [1.29, 1.82) is 0 Å². The molecule has 2 aromatic heterocycles. The van der Waals surface area contributed by atoms with Crippen LogP contribution in [0.2, 0.25) is 0 Å². The molecule has 0 saturated heterocycles. The van der Waals surface area contributed by atoms with Gasteiger partial charge in [-0.2, -0.15) is 0 Å². The highest BCUT2D eigenvalue weighted by Crippen LogP contribution is 2.49. The second-order valence-corrected chi connectivity index (χ2v) is 36.6. The van der Waals surface area contributed by atoms with Crippen LogP contribution < -0.4 is 67.7 Å². The van der Waals surface area contributed by atoms with Gasteiger partial charge in [0.05, 0.1) is 33.4 Å². The summed E-state index contributed by atoms with van der Waals surface area (Å²) in [6.45, 7) is -0.251. The minimum atomic E-state index is -2.96. The standard InChI is InChI=1S/C102H71BN4Si2/c1-7-36-76(37-8-1)108(77-38-9-2-10-39-77,78-40-11-3-12-41-78)82-48-31-34-72(68-82)84-50-19-25-56-92(84)106-98-66-64-74(104-94-58-27-21-52-86(94)87-53-22-28-59-95(87)104)70-90(98)103-91-71-75(105-96-60-29-23-54-88(96)89-55-24-30-61-97(89)105)65-67-99(91)107(101-63-33-62-100(106)102(101)103)93-57-26-20-51-85(93)73-35-32-49-83(69-73)109(79-42-13-4-14-43-79,80-44-15-5-16-45-80)81-46-17-6-18-47-81/h1-71H. The fraction of sp³-hybridized carbons (Fsp3) is 0. The number of benzene rings is 17. The smallest absolute Gasteiger partial charge is 0.252 e. The summed E-state index contributed by atoms with van der Waals surface area (Å²) in [6.07, 6.45) is 0. The van der Waals surface area contributed by atoms with Gasteiger partial charge in [0.1, 0.15) is 0 Å². The van der Waals surface area contributed by atoms with E-state index >= 15 is 0 Å². The Balaban J connectivity index is 0.832. The summed E-state index contributed by atoms with van der Waals surface area (Å²) in [4.78, 5) is 5.24. The highest BCUT2D eigenvalue weighted by atomic mass is 28.3. The Morgan fingerprint density at radius 2 is 0.459 bits per heavy atom. The van der Waals surface area contributed by atoms with Crippen LogP contribution in [0.1, 0.15) is 0 Å². The van der Waals surface area contributed by atoms with Crippen molar-refractivity contribution in [1.82, 2.24) is 9.13 Å². The zero-order chi connectivity index (χ0) is 72.0. The number of nitrogens with zero attached hydrogens (tertiary/aromatic N) is 4. The minimum absolute atomic E-state index is 0.251. The molecule has 0 unspecified atom stereocenters. The minimum Gasteiger partial charge on any atom is -0.311 e. The van der Waals surface area contributed by atoms with Crippen LogP contribution in [0.3, 0.4) is 0 Å². The zero-order valence-corrected chi connectivity index (χ0v) is 61.9. The van der Waals surface area contributed by atoms with Crippen LogP contribution in [0.5, 0.6) is 0 Å². The summed E-state index contributed by atoms with van der Waals surface area (Å²) in [7, 11) is -5.92. The monoisotopic (exact) mass is 1420 g/mol. The fourth-order valence-corrected chi connectivity index (χ4v) is 28.5. The maximum atomic E-state index is 2.62. The largest absolute Gasteiger partial charge is 0.311 e. The van der Waals surface area contributed by atoms with Gasteiger partial charge in [0.15, 0.2) is 16.1 Å². The van der Waals surface area contributed by atoms with E-state index in [1.165, 1.54) is 101 Å². The molecule has 0 atom stereocenters. The molecule has 0 radical (unpaired) electrons. The predicted molar refractivity (Wildman–Crippen MR) is 467 cm³/mol. The summed E-state index contributed by atoms with van der Waals surface area (Å²) >= 11 is 0. The number of rotatable bonds is 14. The first-order chi connectivity index (χ1) is 54.1. The van der Waals surface area contributed by atoms with Gasteiger partial charge in [-0.3, -0.25) is 0 Å². The van der Waals surface area contributed by atoms with Crippen molar-refractivity contribution in [2.45, 2.75) is 0 Å². The van der Waals surface area contributed by atoms with Gasteiger partial charge in [-0.25, -0.2) is 0 Å². The fourth-order valence-electron chi connectivity index (χ4n) is 18.9. The maximum absolute atomic E-state index is 2.96. The van der Waals surface area contributed by atoms with E-state index in [1.807, 2.05) is 0 Å². The second kappa shape index (κ2) is 26.2. The molecule has 21 rings (SSSR count). The van der Waals surface area contributed by atoms with E-state index in [0.717, 1.165) is 67.8 Å². The van der Waals surface area contributed by atoms with Gasteiger partial charge in [-0.05, 0) is 154 Å². The summed E-state index contributed by atoms with van der Waals surface area (Å²) < 4.78 is 5.00. The molecule has 19 aromatic rings. The van der Waals surface area contributed by atoms with E-state index in [1.54, 1.807) is 0 Å². The molecule has 2 aliphatic rings. The molecule has 109 heavy (non-hydrogen) atoms. The molecule has 7 heteroatoms. The second-order valence-electron chi connectivity index (χ2n) is 28.9. The Labute approximate surface area is 637 Å². The number of anilines is 6. The Morgan fingerprint density at radius 1 is 0.193 bits per heavy atom. The molecule has 17 aromatic carbocycles. The van der Waals surface area contributed by atoms with Gasteiger partial charge in [-0.1, -0.05) is 346 Å². The number of hydrogen-bond acceptors (Lipinski definition) is 2. The van der Waals surface area contributed by atoms with Crippen molar-refractivity contribution in [2.24, 2.45) is 0 Å². The first-order valence-electron chi connectivity index (χ1n) is 37.8. The number of hydrogen-bond donors (Lipinski definition) is 0. The molecule has 510 valence electrons. The van der Waals surface area contributed by atoms with Crippen molar-refractivity contribution in [3.05, 3.63) is 431 Å². The molecule has 0 amide bonds. The predicted octanol–water partition coefficient (Wildman–Crippen LogP) is 18.1. The quantitative estimate of drug-likeness (QED) is 0.0797. The molecular weight excluding hydrogens is 1350 g/mol. The molecule has 4 nitrogen and oxygen atoms in total. The molecular formula is C102H71BN4Si2. The van der Waals surface area contributed by atoms with Crippen LogP contribution in [0.25, 0.3) is 77.2 Å². The third-order valence-electron chi connectivity index (χ3n) is 23.4. The van der Waals surface area contributed by atoms with E-state index in [9.17, 15) is 0 Å². The first kappa shape index (κ1) is 63.9. The molecule has 0 spiro atoms. The maximum Gasteiger partial charge on any atom is 0.252 e. The summed E-state index contributed by atoms with van der Waals surface area (Å²) in [5.74, 6) is 0. The van der Waals surface area contributed by atoms with Gasteiger partial charge < -0.3 is 18.9 Å². The molecule has 0 aliphatic carbocycles. The van der Waals surface area contributed by atoms with Gasteiger partial charge in [0.25, 0.3) is 6.71 Å². The SMILES string of the molecule is c1ccc([Si](c2ccccc2)(c2ccccc2)c2cccc(-c3ccccc3N3c4ccc(-n5c6ccccc6c6ccccc65)cc4B4c5cc(-n6c7ccccc7c7ccccc76)ccc5N(c5ccccc5-c5cccc([Si](c6ccccc6)(c6ccccc6)c6ccccc6)c5)c5cccc3c54)c2)cc1. The van der Waals surface area contributed by atoms with Crippen LogP contribution in [0, 0.1) is 0 Å². The summed E-state index contributed by atoms with van der Waals surface area (Å²) in [5, 5.41) is 15.6. The highest BCUT2D eigenvalue weighted by molar-refractivity contribution is 7.20. The van der Waals surface area contributed by atoms with Gasteiger partial charge >= 0.3 is 0 Å². The Kier molecular flexibility index (Phi) is 15.3. The lowest BCUT2D eigenvalue weighted by Crippen LogP contribution is -2.74. The molecule has 0 bridgehead atoms. The van der Waals surface area contributed by atoms with Gasteiger partial charge in [0, 0.05) is 66.8 Å². The summed E-state index contributed by atoms with van der Waals surface area (Å²) in [6, 6.07) is 163. The van der Waals surface area contributed by atoms with Gasteiger partial charge in [0.2, 0.25) is 0 Å². The number of aromatic nitrogens is 2. The van der Waals surface area contributed by atoms with Crippen molar-refractivity contribution in [3.63, 3.8) is 0 Å². The number of para-hydroxylation sites is 6. The third kappa shape index (κ3) is 9.97. The van der Waals surface area contributed by atoms with Gasteiger partial charge in [-0.15, -0.1) is 0 Å². The van der Waals surface area contributed by atoms with Crippen LogP contribution in [0.15, 0.2) is 431 Å². The zero-order valence-electron chi connectivity index (χ0n) is 59.9. The van der Waals surface area contributed by atoms with Crippen molar-refractivity contribution in [2.75, 3.05) is 9.80 Å². The van der Waals surface area contributed by atoms with Crippen LogP contribution in [-0.2, 0) is 0 Å². The average molecular weight is 1420 g/mol. The normalized spacial score (nSPS) is 12.5. The van der Waals surface area contributed by atoms with Crippen molar-refractivity contribution < 1.29 is 0 Å². The third-order valence-corrected chi connectivity index (χ3v) is 32.9. The lowest BCUT2D eigenvalue weighted by atomic mass is 9.33.